The van der Waals surface area contributed by atoms with Crippen molar-refractivity contribution in [2.75, 3.05) is 0 Å². The van der Waals surface area contributed by atoms with Crippen LogP contribution in [0.2, 0.25) is 5.02 Å². The van der Waals surface area contributed by atoms with E-state index in [0.717, 1.165) is 25.7 Å². The first-order valence-corrected chi connectivity index (χ1v) is 7.09. The summed E-state index contributed by atoms with van der Waals surface area (Å²) in [7, 11) is 0. The van der Waals surface area contributed by atoms with Crippen LogP contribution in [0.5, 0.6) is 0 Å². The Kier molecular flexibility index (Phi) is 3.87. The molecule has 2 rings (SSSR count). The molecule has 1 aromatic carbocycles. The standard InChI is InChI=1S/C16H19ClFN/c1-15(2)5-7-16(11-19,8-6-15)10-12-9-13(17)3-4-14(12)18/h3-4,9H,5-8,10H2,1-2H3. The molecule has 0 aliphatic heterocycles. The second-order valence-electron chi connectivity index (χ2n) is 6.47. The number of rotatable bonds is 2. The Balaban J connectivity index is 2.21. The maximum atomic E-state index is 13.8. The predicted octanol–water partition coefficient (Wildman–Crippen LogP) is 5.13. The van der Waals surface area contributed by atoms with Crippen LogP contribution in [-0.2, 0) is 6.42 Å². The van der Waals surface area contributed by atoms with Crippen molar-refractivity contribution in [2.45, 2.75) is 46.0 Å². The van der Waals surface area contributed by atoms with Gasteiger partial charge in [-0.05, 0) is 61.3 Å². The van der Waals surface area contributed by atoms with E-state index in [0.29, 0.717) is 22.4 Å². The van der Waals surface area contributed by atoms with Crippen LogP contribution >= 0.6 is 11.6 Å². The van der Waals surface area contributed by atoms with Gasteiger partial charge in [0.2, 0.25) is 0 Å². The summed E-state index contributed by atoms with van der Waals surface area (Å²) in [6, 6.07) is 7.02. The molecule has 0 N–H and O–H groups in total. The maximum Gasteiger partial charge on any atom is 0.126 e. The van der Waals surface area contributed by atoms with Crippen molar-refractivity contribution in [3.05, 3.63) is 34.6 Å². The average Bonchev–Trinajstić information content (AvgIpc) is 2.37. The fourth-order valence-electron chi connectivity index (χ4n) is 2.78. The molecule has 0 aromatic heterocycles. The van der Waals surface area contributed by atoms with Gasteiger partial charge in [-0.15, -0.1) is 0 Å². The fraction of sp³-hybridized carbons (Fsp3) is 0.562. The first kappa shape index (κ1) is 14.3. The molecule has 0 unspecified atom stereocenters. The summed E-state index contributed by atoms with van der Waals surface area (Å²) in [4.78, 5) is 0. The van der Waals surface area contributed by atoms with Gasteiger partial charge in [0, 0.05) is 5.02 Å². The van der Waals surface area contributed by atoms with Gasteiger partial charge in [0.05, 0.1) is 11.5 Å². The molecule has 19 heavy (non-hydrogen) atoms. The van der Waals surface area contributed by atoms with Gasteiger partial charge in [-0.1, -0.05) is 25.4 Å². The first-order chi connectivity index (χ1) is 8.86. The highest BCUT2D eigenvalue weighted by atomic mass is 35.5. The Hall–Kier alpha value is -1.07. The van der Waals surface area contributed by atoms with Gasteiger partial charge in [-0.25, -0.2) is 4.39 Å². The molecular weight excluding hydrogens is 261 g/mol. The van der Waals surface area contributed by atoms with E-state index in [-0.39, 0.29) is 5.82 Å². The quantitative estimate of drug-likeness (QED) is 0.736. The smallest absolute Gasteiger partial charge is 0.126 e. The Labute approximate surface area is 119 Å². The van der Waals surface area contributed by atoms with Crippen LogP contribution in [0.3, 0.4) is 0 Å². The zero-order valence-electron chi connectivity index (χ0n) is 11.5. The fourth-order valence-corrected chi connectivity index (χ4v) is 2.97. The van der Waals surface area contributed by atoms with Crippen molar-refractivity contribution in [2.24, 2.45) is 10.8 Å². The summed E-state index contributed by atoms with van der Waals surface area (Å²) < 4.78 is 13.8. The van der Waals surface area contributed by atoms with E-state index in [1.807, 2.05) is 0 Å². The summed E-state index contributed by atoms with van der Waals surface area (Å²) in [6.45, 7) is 4.46. The minimum Gasteiger partial charge on any atom is -0.207 e. The van der Waals surface area contributed by atoms with Gasteiger partial charge in [-0.2, -0.15) is 5.26 Å². The van der Waals surface area contributed by atoms with Gasteiger partial charge >= 0.3 is 0 Å². The number of halogens is 2. The second-order valence-corrected chi connectivity index (χ2v) is 6.91. The zero-order chi connectivity index (χ0) is 14.1. The molecule has 0 saturated heterocycles. The van der Waals surface area contributed by atoms with E-state index in [1.165, 1.54) is 6.07 Å². The lowest BCUT2D eigenvalue weighted by Crippen LogP contribution is -2.32. The van der Waals surface area contributed by atoms with Crippen LogP contribution in [0, 0.1) is 28.0 Å². The Morgan fingerprint density at radius 2 is 1.89 bits per heavy atom. The van der Waals surface area contributed by atoms with E-state index in [4.69, 9.17) is 11.6 Å². The third-order valence-corrected chi connectivity index (χ3v) is 4.57. The Morgan fingerprint density at radius 3 is 2.47 bits per heavy atom. The number of hydrogen-bond acceptors (Lipinski definition) is 1. The molecule has 0 spiro atoms. The normalized spacial score (nSPS) is 20.8. The summed E-state index contributed by atoms with van der Waals surface area (Å²) in [5, 5.41) is 10.1. The number of hydrogen-bond donors (Lipinski definition) is 0. The Bertz CT molecular complexity index is 506. The first-order valence-electron chi connectivity index (χ1n) is 6.71. The molecule has 0 atom stereocenters. The highest BCUT2D eigenvalue weighted by molar-refractivity contribution is 6.30. The maximum absolute atomic E-state index is 13.8. The van der Waals surface area contributed by atoms with Crippen molar-refractivity contribution in [3.63, 3.8) is 0 Å². The van der Waals surface area contributed by atoms with Crippen LogP contribution < -0.4 is 0 Å². The summed E-state index contributed by atoms with van der Waals surface area (Å²) in [5.74, 6) is -0.260. The molecule has 1 saturated carbocycles. The summed E-state index contributed by atoms with van der Waals surface area (Å²) in [5.41, 5.74) is 0.433. The van der Waals surface area contributed by atoms with Gasteiger partial charge in [0.25, 0.3) is 0 Å². The monoisotopic (exact) mass is 279 g/mol. The third kappa shape index (κ3) is 3.28. The molecule has 1 aliphatic rings. The Morgan fingerprint density at radius 1 is 1.26 bits per heavy atom. The molecule has 0 heterocycles. The van der Waals surface area contributed by atoms with Crippen LogP contribution in [-0.4, -0.2) is 0 Å². The molecule has 102 valence electrons. The molecule has 1 aromatic rings. The van der Waals surface area contributed by atoms with Crippen molar-refractivity contribution in [1.82, 2.24) is 0 Å². The van der Waals surface area contributed by atoms with Crippen LogP contribution in [0.1, 0.15) is 45.1 Å². The molecule has 0 amide bonds. The van der Waals surface area contributed by atoms with E-state index in [1.54, 1.807) is 12.1 Å². The lowest BCUT2D eigenvalue weighted by Gasteiger charge is -2.39. The SMILES string of the molecule is CC1(C)CCC(C#N)(Cc2cc(Cl)ccc2F)CC1. The van der Waals surface area contributed by atoms with Crippen LogP contribution in [0.15, 0.2) is 18.2 Å². The molecule has 1 nitrogen and oxygen atoms in total. The third-order valence-electron chi connectivity index (χ3n) is 4.33. The number of nitriles is 1. The van der Waals surface area contributed by atoms with Gasteiger partial charge in [0.15, 0.2) is 0 Å². The minimum atomic E-state index is -0.430. The predicted molar refractivity (Wildman–Crippen MR) is 75.4 cm³/mol. The molecule has 1 aliphatic carbocycles. The van der Waals surface area contributed by atoms with Gasteiger partial charge < -0.3 is 0 Å². The van der Waals surface area contributed by atoms with Crippen LogP contribution in [0.4, 0.5) is 4.39 Å². The van der Waals surface area contributed by atoms with Crippen molar-refractivity contribution in [1.29, 1.82) is 5.26 Å². The second kappa shape index (κ2) is 5.13. The van der Waals surface area contributed by atoms with E-state index in [9.17, 15) is 9.65 Å². The molecule has 0 bridgehead atoms. The number of benzene rings is 1. The molecular formula is C16H19ClFN. The topological polar surface area (TPSA) is 23.8 Å². The minimum absolute atomic E-state index is 0.260. The lowest BCUT2D eigenvalue weighted by molar-refractivity contribution is 0.145. The largest absolute Gasteiger partial charge is 0.207 e. The van der Waals surface area contributed by atoms with Crippen molar-refractivity contribution in [3.8, 4) is 6.07 Å². The van der Waals surface area contributed by atoms with Crippen molar-refractivity contribution >= 4 is 11.6 Å². The van der Waals surface area contributed by atoms with Gasteiger partial charge in [-0.3, -0.25) is 0 Å². The van der Waals surface area contributed by atoms with E-state index >= 15 is 0 Å². The molecule has 1 fully saturated rings. The average molecular weight is 280 g/mol. The highest BCUT2D eigenvalue weighted by Crippen LogP contribution is 2.46. The lowest BCUT2D eigenvalue weighted by atomic mass is 9.64. The summed E-state index contributed by atoms with van der Waals surface area (Å²) in [6.07, 6.45) is 4.17. The molecule has 3 heteroatoms. The van der Waals surface area contributed by atoms with Crippen LogP contribution in [0.25, 0.3) is 0 Å². The van der Waals surface area contributed by atoms with Gasteiger partial charge in [0.1, 0.15) is 5.82 Å². The van der Waals surface area contributed by atoms with E-state index in [2.05, 4.69) is 19.9 Å². The zero-order valence-corrected chi connectivity index (χ0v) is 12.2. The van der Waals surface area contributed by atoms with E-state index < -0.39 is 5.41 Å². The molecule has 0 radical (unpaired) electrons. The van der Waals surface area contributed by atoms with Crippen molar-refractivity contribution < 1.29 is 4.39 Å². The summed E-state index contributed by atoms with van der Waals surface area (Å²) >= 11 is 5.92. The number of nitrogens with zero attached hydrogens (tertiary/aromatic N) is 1. The highest BCUT2D eigenvalue weighted by Gasteiger charge is 2.39.